The maximum atomic E-state index is 3.56. The Labute approximate surface area is 82.5 Å². The summed E-state index contributed by atoms with van der Waals surface area (Å²) in [4.78, 5) is 0. The van der Waals surface area contributed by atoms with Crippen LogP contribution in [-0.4, -0.2) is 26.2 Å². The zero-order chi connectivity index (χ0) is 9.52. The van der Waals surface area contributed by atoms with Crippen molar-refractivity contribution in [3.63, 3.8) is 0 Å². The van der Waals surface area contributed by atoms with Crippen LogP contribution in [0.15, 0.2) is 0 Å². The van der Waals surface area contributed by atoms with Crippen LogP contribution < -0.4 is 10.6 Å². The molecule has 2 aliphatic rings. The molecular formula is C11H24N2. The number of hydrogen-bond acceptors (Lipinski definition) is 2. The normalized spacial score (nSPS) is 31.8. The zero-order valence-electron chi connectivity index (χ0n) is 9.10. The number of rotatable bonds is 1. The molecule has 1 saturated carbocycles. The van der Waals surface area contributed by atoms with Crippen molar-refractivity contribution in [1.82, 2.24) is 10.6 Å². The van der Waals surface area contributed by atoms with Gasteiger partial charge in [0.25, 0.3) is 0 Å². The summed E-state index contributed by atoms with van der Waals surface area (Å²) in [6.07, 6.45) is 7.35. The van der Waals surface area contributed by atoms with Crippen molar-refractivity contribution < 1.29 is 0 Å². The van der Waals surface area contributed by atoms with E-state index in [1.807, 2.05) is 7.05 Å². The fourth-order valence-electron chi connectivity index (χ4n) is 2.28. The highest BCUT2D eigenvalue weighted by atomic mass is 15.0. The van der Waals surface area contributed by atoms with E-state index in [0.29, 0.717) is 0 Å². The van der Waals surface area contributed by atoms with Crippen LogP contribution in [0.5, 0.6) is 0 Å². The lowest BCUT2D eigenvalue weighted by atomic mass is 9.86. The van der Waals surface area contributed by atoms with Gasteiger partial charge in [-0.25, -0.2) is 0 Å². The first kappa shape index (κ1) is 11.0. The average molecular weight is 184 g/mol. The number of fused-ring (bicyclic) bond motifs is 1. The molecule has 0 spiro atoms. The average Bonchev–Trinajstić information content (AvgIpc) is 2.66. The van der Waals surface area contributed by atoms with E-state index in [9.17, 15) is 0 Å². The molecule has 2 fully saturated rings. The lowest BCUT2D eigenvalue weighted by Crippen LogP contribution is -2.29. The summed E-state index contributed by atoms with van der Waals surface area (Å²) in [5.41, 5.74) is 0. The van der Waals surface area contributed by atoms with Crippen molar-refractivity contribution in [3.8, 4) is 0 Å². The molecule has 0 radical (unpaired) electrons. The van der Waals surface area contributed by atoms with E-state index >= 15 is 0 Å². The maximum absolute atomic E-state index is 3.56. The molecule has 0 aromatic heterocycles. The first-order valence-electron chi connectivity index (χ1n) is 5.76. The predicted octanol–water partition coefficient (Wildman–Crippen LogP) is 1.76. The van der Waals surface area contributed by atoms with Gasteiger partial charge in [0.05, 0.1) is 0 Å². The summed E-state index contributed by atoms with van der Waals surface area (Å²) in [5, 5.41) is 6.49. The molecule has 0 aromatic carbocycles. The summed E-state index contributed by atoms with van der Waals surface area (Å²) < 4.78 is 0. The van der Waals surface area contributed by atoms with Crippen molar-refractivity contribution in [1.29, 1.82) is 0 Å². The van der Waals surface area contributed by atoms with Crippen LogP contribution in [0, 0.1) is 5.92 Å². The van der Waals surface area contributed by atoms with Gasteiger partial charge < -0.3 is 10.6 Å². The van der Waals surface area contributed by atoms with E-state index in [-0.39, 0.29) is 0 Å². The third-order valence-electron chi connectivity index (χ3n) is 3.18. The Kier molecular flexibility index (Phi) is 5.40. The molecule has 2 rings (SSSR count). The van der Waals surface area contributed by atoms with Crippen LogP contribution in [-0.2, 0) is 0 Å². The standard InChI is InChI=1S/C8H15N.C3H9N/c1-2-4-8-7(3-1)5-6-9-8;1-3-4-2/h7-9H,1-6H2;4H,3H2,1-2H3. The minimum absolute atomic E-state index is 0.916. The van der Waals surface area contributed by atoms with Gasteiger partial charge in [-0.05, 0) is 45.3 Å². The second kappa shape index (κ2) is 6.39. The van der Waals surface area contributed by atoms with Crippen molar-refractivity contribution in [2.45, 2.75) is 45.1 Å². The molecule has 2 N–H and O–H groups in total. The predicted molar refractivity (Wildman–Crippen MR) is 58.0 cm³/mol. The van der Waals surface area contributed by atoms with Gasteiger partial charge in [-0.1, -0.05) is 19.8 Å². The van der Waals surface area contributed by atoms with E-state index in [2.05, 4.69) is 17.6 Å². The Bertz CT molecular complexity index is 111. The highest BCUT2D eigenvalue weighted by molar-refractivity contribution is 4.86. The molecule has 2 unspecified atom stereocenters. The Hall–Kier alpha value is -0.0800. The minimum atomic E-state index is 0.916. The largest absolute Gasteiger partial charge is 0.320 e. The Morgan fingerprint density at radius 1 is 1.23 bits per heavy atom. The number of nitrogens with one attached hydrogen (secondary N) is 2. The number of hydrogen-bond donors (Lipinski definition) is 2. The molecule has 1 aliphatic heterocycles. The molecule has 1 saturated heterocycles. The SMILES string of the molecule is C1CCC2NCCC2C1.CCNC. The van der Waals surface area contributed by atoms with E-state index in [1.165, 1.54) is 38.6 Å². The molecule has 1 aliphatic carbocycles. The van der Waals surface area contributed by atoms with Crippen molar-refractivity contribution in [3.05, 3.63) is 0 Å². The fourth-order valence-corrected chi connectivity index (χ4v) is 2.28. The van der Waals surface area contributed by atoms with Crippen LogP contribution >= 0.6 is 0 Å². The monoisotopic (exact) mass is 184 g/mol. The first-order chi connectivity index (χ1) is 6.38. The van der Waals surface area contributed by atoms with Crippen molar-refractivity contribution in [2.24, 2.45) is 5.92 Å². The van der Waals surface area contributed by atoms with E-state index in [4.69, 9.17) is 0 Å². The molecule has 1 heterocycles. The molecule has 13 heavy (non-hydrogen) atoms. The molecule has 2 atom stereocenters. The zero-order valence-corrected chi connectivity index (χ0v) is 9.10. The smallest absolute Gasteiger partial charge is 0.00958 e. The third-order valence-corrected chi connectivity index (χ3v) is 3.18. The Morgan fingerprint density at radius 3 is 2.54 bits per heavy atom. The van der Waals surface area contributed by atoms with Crippen molar-refractivity contribution in [2.75, 3.05) is 20.1 Å². The minimum Gasteiger partial charge on any atom is -0.320 e. The molecule has 2 heteroatoms. The summed E-state index contributed by atoms with van der Waals surface area (Å²) >= 11 is 0. The summed E-state index contributed by atoms with van der Waals surface area (Å²) in [5.74, 6) is 1.05. The lowest BCUT2D eigenvalue weighted by molar-refractivity contribution is 0.326. The van der Waals surface area contributed by atoms with Gasteiger partial charge in [0.1, 0.15) is 0 Å². The van der Waals surface area contributed by atoms with Crippen LogP contribution in [0.2, 0.25) is 0 Å². The first-order valence-corrected chi connectivity index (χ1v) is 5.76. The van der Waals surface area contributed by atoms with E-state index < -0.39 is 0 Å². The van der Waals surface area contributed by atoms with Gasteiger partial charge in [-0.15, -0.1) is 0 Å². The Morgan fingerprint density at radius 2 is 1.92 bits per heavy atom. The van der Waals surface area contributed by atoms with Gasteiger partial charge in [0, 0.05) is 6.04 Å². The quantitative estimate of drug-likeness (QED) is 0.649. The van der Waals surface area contributed by atoms with Crippen molar-refractivity contribution >= 4 is 0 Å². The summed E-state index contributed by atoms with van der Waals surface area (Å²) in [6, 6.07) is 0.916. The van der Waals surface area contributed by atoms with Gasteiger partial charge >= 0.3 is 0 Å². The maximum Gasteiger partial charge on any atom is 0.00958 e. The Balaban J connectivity index is 0.000000184. The molecule has 0 amide bonds. The molecular weight excluding hydrogens is 160 g/mol. The molecule has 0 aromatic rings. The van der Waals surface area contributed by atoms with E-state index in [0.717, 1.165) is 18.5 Å². The highest BCUT2D eigenvalue weighted by Crippen LogP contribution is 2.29. The fraction of sp³-hybridized carbons (Fsp3) is 1.00. The van der Waals surface area contributed by atoms with Crippen LogP contribution in [0.3, 0.4) is 0 Å². The van der Waals surface area contributed by atoms with Gasteiger partial charge in [0.2, 0.25) is 0 Å². The van der Waals surface area contributed by atoms with Crippen LogP contribution in [0.25, 0.3) is 0 Å². The summed E-state index contributed by atoms with van der Waals surface area (Å²) in [6.45, 7) is 4.43. The molecule has 78 valence electrons. The van der Waals surface area contributed by atoms with Crippen LogP contribution in [0.4, 0.5) is 0 Å². The molecule has 2 nitrogen and oxygen atoms in total. The molecule has 0 bridgehead atoms. The van der Waals surface area contributed by atoms with Gasteiger partial charge in [-0.2, -0.15) is 0 Å². The highest BCUT2D eigenvalue weighted by Gasteiger charge is 2.28. The summed E-state index contributed by atoms with van der Waals surface area (Å²) in [7, 11) is 1.93. The third kappa shape index (κ3) is 3.65. The van der Waals surface area contributed by atoms with Gasteiger partial charge in [0.15, 0.2) is 0 Å². The lowest BCUT2D eigenvalue weighted by Gasteiger charge is -2.24. The second-order valence-corrected chi connectivity index (χ2v) is 4.10. The van der Waals surface area contributed by atoms with E-state index in [1.54, 1.807) is 0 Å². The van der Waals surface area contributed by atoms with Crippen LogP contribution in [0.1, 0.15) is 39.0 Å². The van der Waals surface area contributed by atoms with Gasteiger partial charge in [-0.3, -0.25) is 0 Å². The second-order valence-electron chi connectivity index (χ2n) is 4.10. The topological polar surface area (TPSA) is 24.1 Å².